The van der Waals surface area contributed by atoms with Crippen LogP contribution in [0.1, 0.15) is 55.2 Å². The minimum atomic E-state index is -0.597. The Bertz CT molecular complexity index is 893. The Morgan fingerprint density at radius 2 is 1.77 bits per heavy atom. The predicted octanol–water partition coefficient (Wildman–Crippen LogP) is 5.22. The number of hydrogen-bond acceptors (Lipinski definition) is 4. The van der Waals surface area contributed by atoms with Gasteiger partial charge in [-0.1, -0.05) is 42.5 Å². The van der Waals surface area contributed by atoms with Crippen LogP contribution in [0.15, 0.2) is 54.6 Å². The molecule has 0 spiro atoms. The number of carbonyl (C=O) groups is 2. The van der Waals surface area contributed by atoms with Crippen LogP contribution in [0.5, 0.6) is 0 Å². The van der Waals surface area contributed by atoms with Crippen LogP contribution in [0.3, 0.4) is 0 Å². The van der Waals surface area contributed by atoms with Crippen LogP contribution in [0.4, 0.5) is 9.18 Å². The summed E-state index contributed by atoms with van der Waals surface area (Å²) in [4.78, 5) is 27.1. The Hall–Kier alpha value is -2.73. The van der Waals surface area contributed by atoms with Crippen molar-refractivity contribution in [3.63, 3.8) is 0 Å². The van der Waals surface area contributed by atoms with Crippen molar-refractivity contribution in [1.82, 2.24) is 4.90 Å². The molecule has 2 fully saturated rings. The second-order valence-corrected chi connectivity index (χ2v) is 8.40. The van der Waals surface area contributed by atoms with Gasteiger partial charge in [-0.15, -0.1) is 0 Å². The number of methoxy groups -OCH3 is 1. The lowest BCUT2D eigenvalue weighted by molar-refractivity contribution is -0.130. The van der Waals surface area contributed by atoms with E-state index in [0.717, 1.165) is 36.8 Å². The molecule has 2 atom stereocenters. The first-order valence-corrected chi connectivity index (χ1v) is 10.9. The molecule has 0 aromatic heterocycles. The minimum absolute atomic E-state index is 0.0873. The van der Waals surface area contributed by atoms with E-state index in [9.17, 15) is 14.0 Å². The van der Waals surface area contributed by atoms with Crippen molar-refractivity contribution >= 4 is 12.0 Å². The standard InChI is InChI=1S/C25H28FNO4/c1-30-21-13-9-18(10-14-21)22(17-7-11-20(26)12-8-17)15-24(28)27-23(16-31-25(27)29)19-5-3-2-4-6-19/h2-8,11-12,18,21-23H,9-10,13-16H2,1H3/t18?,21?,22-,23-/m1/s1. The monoisotopic (exact) mass is 425 g/mol. The number of carbonyl (C=O) groups excluding carboxylic acids is 2. The van der Waals surface area contributed by atoms with E-state index >= 15 is 0 Å². The summed E-state index contributed by atoms with van der Waals surface area (Å²) >= 11 is 0. The summed E-state index contributed by atoms with van der Waals surface area (Å²) in [6.45, 7) is 0.161. The highest BCUT2D eigenvalue weighted by Gasteiger charge is 2.40. The Morgan fingerprint density at radius 3 is 2.42 bits per heavy atom. The van der Waals surface area contributed by atoms with Gasteiger partial charge in [0.25, 0.3) is 0 Å². The molecule has 1 saturated carbocycles. The first kappa shape index (κ1) is 21.5. The molecule has 1 saturated heterocycles. The fraction of sp³-hybridized carbons (Fsp3) is 0.440. The van der Waals surface area contributed by atoms with Gasteiger partial charge in [-0.25, -0.2) is 14.1 Å². The zero-order chi connectivity index (χ0) is 21.8. The molecule has 1 aliphatic heterocycles. The van der Waals surface area contributed by atoms with E-state index in [1.165, 1.54) is 17.0 Å². The third-order valence-electron chi connectivity index (χ3n) is 6.64. The summed E-state index contributed by atoms with van der Waals surface area (Å²) in [7, 11) is 1.73. The molecule has 0 unspecified atom stereocenters. The Kier molecular flexibility index (Phi) is 6.66. The molecule has 1 heterocycles. The fourth-order valence-electron chi connectivity index (χ4n) is 4.90. The molecule has 31 heavy (non-hydrogen) atoms. The number of nitrogens with zero attached hydrogens (tertiary/aromatic N) is 1. The quantitative estimate of drug-likeness (QED) is 0.636. The molecule has 2 aromatic rings. The largest absolute Gasteiger partial charge is 0.446 e. The SMILES string of the molecule is COC1CCC([C@H](CC(=O)N2C(=O)OC[C@@H]2c2ccccc2)c2ccc(F)cc2)CC1. The van der Waals surface area contributed by atoms with Crippen molar-refractivity contribution < 1.29 is 23.5 Å². The Balaban J connectivity index is 1.56. The maximum atomic E-state index is 13.5. The average molecular weight is 426 g/mol. The van der Waals surface area contributed by atoms with Crippen LogP contribution in [-0.2, 0) is 14.3 Å². The van der Waals surface area contributed by atoms with Crippen LogP contribution < -0.4 is 0 Å². The Morgan fingerprint density at radius 1 is 1.10 bits per heavy atom. The number of hydrogen-bond donors (Lipinski definition) is 0. The second-order valence-electron chi connectivity index (χ2n) is 8.40. The van der Waals surface area contributed by atoms with Gasteiger partial charge in [0, 0.05) is 13.5 Å². The topological polar surface area (TPSA) is 55.8 Å². The number of amides is 2. The minimum Gasteiger partial charge on any atom is -0.446 e. The summed E-state index contributed by atoms with van der Waals surface area (Å²) in [5.74, 6) is -0.367. The molecule has 1 aliphatic carbocycles. The maximum Gasteiger partial charge on any atom is 0.417 e. The number of ether oxygens (including phenoxy) is 2. The molecule has 5 nitrogen and oxygen atoms in total. The zero-order valence-corrected chi connectivity index (χ0v) is 17.7. The highest BCUT2D eigenvalue weighted by atomic mass is 19.1. The number of cyclic esters (lactones) is 1. The van der Waals surface area contributed by atoms with Crippen molar-refractivity contribution in [1.29, 1.82) is 0 Å². The van der Waals surface area contributed by atoms with Gasteiger partial charge in [0.05, 0.1) is 6.10 Å². The van der Waals surface area contributed by atoms with Crippen molar-refractivity contribution in [2.45, 2.75) is 50.2 Å². The summed E-state index contributed by atoms with van der Waals surface area (Å²) in [6.07, 6.45) is 3.57. The third-order valence-corrected chi connectivity index (χ3v) is 6.64. The molecule has 0 radical (unpaired) electrons. The van der Waals surface area contributed by atoms with E-state index in [0.29, 0.717) is 0 Å². The van der Waals surface area contributed by atoms with Gasteiger partial charge in [-0.05, 0) is 60.8 Å². The molecule has 2 aliphatic rings. The van der Waals surface area contributed by atoms with Crippen LogP contribution in [0, 0.1) is 11.7 Å². The van der Waals surface area contributed by atoms with E-state index in [1.54, 1.807) is 19.2 Å². The van der Waals surface area contributed by atoms with Crippen molar-refractivity contribution in [2.75, 3.05) is 13.7 Å². The van der Waals surface area contributed by atoms with Crippen LogP contribution in [0.25, 0.3) is 0 Å². The van der Waals surface area contributed by atoms with Crippen LogP contribution >= 0.6 is 0 Å². The number of benzene rings is 2. The highest BCUT2D eigenvalue weighted by molar-refractivity contribution is 5.94. The fourth-order valence-corrected chi connectivity index (χ4v) is 4.90. The average Bonchev–Trinajstić information content (AvgIpc) is 3.20. The van der Waals surface area contributed by atoms with E-state index in [1.807, 2.05) is 30.3 Å². The smallest absolute Gasteiger partial charge is 0.417 e. The van der Waals surface area contributed by atoms with Crippen molar-refractivity contribution in [2.24, 2.45) is 5.92 Å². The lowest BCUT2D eigenvalue weighted by Gasteiger charge is -2.34. The Labute approximate surface area is 182 Å². The molecule has 164 valence electrons. The van der Waals surface area contributed by atoms with Gasteiger partial charge < -0.3 is 9.47 Å². The number of imide groups is 1. The second kappa shape index (κ2) is 9.60. The van der Waals surface area contributed by atoms with Gasteiger partial charge in [0.15, 0.2) is 0 Å². The third kappa shape index (κ3) is 4.79. The summed E-state index contributed by atoms with van der Waals surface area (Å²) in [6, 6.07) is 15.4. The molecule has 2 aromatic carbocycles. The van der Waals surface area contributed by atoms with E-state index in [2.05, 4.69) is 0 Å². The van der Waals surface area contributed by atoms with Crippen molar-refractivity contribution in [3.05, 3.63) is 71.5 Å². The lowest BCUT2D eigenvalue weighted by Crippen LogP contribution is -2.36. The van der Waals surface area contributed by atoms with Gasteiger partial charge in [0.1, 0.15) is 18.5 Å². The lowest BCUT2D eigenvalue weighted by atomic mass is 9.74. The maximum absolute atomic E-state index is 13.5. The van der Waals surface area contributed by atoms with Crippen LogP contribution in [0.2, 0.25) is 0 Å². The van der Waals surface area contributed by atoms with E-state index in [-0.39, 0.29) is 42.7 Å². The van der Waals surface area contributed by atoms with Gasteiger partial charge in [-0.3, -0.25) is 4.79 Å². The molecule has 0 bridgehead atoms. The number of rotatable bonds is 6. The van der Waals surface area contributed by atoms with E-state index in [4.69, 9.17) is 9.47 Å². The molecule has 2 amide bonds. The van der Waals surface area contributed by atoms with Gasteiger partial charge in [0.2, 0.25) is 5.91 Å². The first-order chi connectivity index (χ1) is 15.1. The normalized spacial score (nSPS) is 24.6. The molecule has 0 N–H and O–H groups in total. The summed E-state index contributed by atoms with van der Waals surface area (Å²) in [5, 5.41) is 0. The molecule has 4 rings (SSSR count). The summed E-state index contributed by atoms with van der Waals surface area (Å²) < 4.78 is 24.3. The van der Waals surface area contributed by atoms with Crippen LogP contribution in [-0.4, -0.2) is 36.7 Å². The zero-order valence-electron chi connectivity index (χ0n) is 17.7. The van der Waals surface area contributed by atoms with Crippen molar-refractivity contribution in [3.8, 4) is 0 Å². The first-order valence-electron chi connectivity index (χ1n) is 10.9. The summed E-state index contributed by atoms with van der Waals surface area (Å²) in [5.41, 5.74) is 1.81. The molecular weight excluding hydrogens is 397 g/mol. The number of halogens is 1. The predicted molar refractivity (Wildman–Crippen MR) is 114 cm³/mol. The van der Waals surface area contributed by atoms with Gasteiger partial charge in [-0.2, -0.15) is 0 Å². The molecular formula is C25H28FNO4. The van der Waals surface area contributed by atoms with Gasteiger partial charge >= 0.3 is 6.09 Å². The van der Waals surface area contributed by atoms with E-state index < -0.39 is 12.1 Å². The molecule has 6 heteroatoms. The highest BCUT2D eigenvalue weighted by Crippen LogP contribution is 2.40.